The zero-order valence-electron chi connectivity index (χ0n) is 11.5. The largest absolute Gasteiger partial charge is 0.370 e. The third-order valence-corrected chi connectivity index (χ3v) is 3.91. The van der Waals surface area contributed by atoms with Crippen LogP contribution < -0.4 is 11.5 Å². The van der Waals surface area contributed by atoms with Gasteiger partial charge in [-0.2, -0.15) is 0 Å². The number of primary amides is 2. The summed E-state index contributed by atoms with van der Waals surface area (Å²) >= 11 is 0. The molecule has 1 fully saturated rings. The molecule has 20 heavy (non-hydrogen) atoms. The average Bonchev–Trinajstić information content (AvgIpc) is 2.71. The van der Waals surface area contributed by atoms with Crippen LogP contribution in [0.25, 0.3) is 0 Å². The van der Waals surface area contributed by atoms with Gasteiger partial charge >= 0.3 is 0 Å². The Morgan fingerprint density at radius 2 is 1.95 bits per heavy atom. The SMILES string of the molecule is NC(=O)CC1CC[N+](CC(N)=O)(Cc2ccncc2)C1. The Labute approximate surface area is 118 Å². The number of rotatable bonds is 6. The van der Waals surface area contributed by atoms with Gasteiger partial charge in [0.25, 0.3) is 5.91 Å². The van der Waals surface area contributed by atoms with Gasteiger partial charge < -0.3 is 16.0 Å². The third-order valence-electron chi connectivity index (χ3n) is 3.91. The normalized spacial score (nSPS) is 25.5. The van der Waals surface area contributed by atoms with E-state index in [4.69, 9.17) is 11.5 Å². The van der Waals surface area contributed by atoms with Gasteiger partial charge in [-0.25, -0.2) is 0 Å². The molecule has 1 aromatic heterocycles. The molecule has 0 saturated carbocycles. The molecule has 2 unspecified atom stereocenters. The van der Waals surface area contributed by atoms with E-state index >= 15 is 0 Å². The third kappa shape index (κ3) is 3.77. The molecular weight excluding hydrogens is 256 g/mol. The summed E-state index contributed by atoms with van der Waals surface area (Å²) in [6, 6.07) is 3.89. The van der Waals surface area contributed by atoms with Crippen LogP contribution in [0.1, 0.15) is 18.4 Å². The van der Waals surface area contributed by atoms with Crippen LogP contribution in [0.5, 0.6) is 0 Å². The fourth-order valence-electron chi connectivity index (χ4n) is 3.19. The highest BCUT2D eigenvalue weighted by Gasteiger charge is 2.39. The predicted molar refractivity (Wildman–Crippen MR) is 73.9 cm³/mol. The van der Waals surface area contributed by atoms with E-state index in [1.165, 1.54) is 0 Å². The van der Waals surface area contributed by atoms with E-state index in [0.29, 0.717) is 17.4 Å². The Morgan fingerprint density at radius 1 is 1.25 bits per heavy atom. The Hall–Kier alpha value is -1.95. The van der Waals surface area contributed by atoms with Crippen molar-refractivity contribution in [3.8, 4) is 0 Å². The molecule has 4 N–H and O–H groups in total. The molecule has 0 bridgehead atoms. The van der Waals surface area contributed by atoms with Gasteiger partial charge in [-0.1, -0.05) is 0 Å². The van der Waals surface area contributed by atoms with Crippen molar-refractivity contribution >= 4 is 11.8 Å². The molecule has 2 rings (SSSR count). The molecule has 1 aromatic rings. The Bertz CT molecular complexity index is 491. The van der Waals surface area contributed by atoms with Crippen LogP contribution in [0.3, 0.4) is 0 Å². The fourth-order valence-corrected chi connectivity index (χ4v) is 3.19. The van der Waals surface area contributed by atoms with Crippen molar-refractivity contribution in [3.63, 3.8) is 0 Å². The minimum atomic E-state index is -0.307. The molecule has 1 aliphatic rings. The molecule has 6 nitrogen and oxygen atoms in total. The van der Waals surface area contributed by atoms with Crippen molar-refractivity contribution in [2.45, 2.75) is 19.4 Å². The molecule has 0 radical (unpaired) electrons. The van der Waals surface area contributed by atoms with Crippen LogP contribution in [0, 0.1) is 5.92 Å². The number of hydrogen-bond donors (Lipinski definition) is 2. The summed E-state index contributed by atoms with van der Waals surface area (Å²) in [6.07, 6.45) is 4.77. The number of aromatic nitrogens is 1. The zero-order valence-corrected chi connectivity index (χ0v) is 11.5. The van der Waals surface area contributed by atoms with E-state index in [-0.39, 0.29) is 17.7 Å². The van der Waals surface area contributed by atoms with Crippen molar-refractivity contribution in [1.82, 2.24) is 4.98 Å². The number of amides is 2. The van der Waals surface area contributed by atoms with Crippen molar-refractivity contribution in [1.29, 1.82) is 0 Å². The highest BCUT2D eigenvalue weighted by Crippen LogP contribution is 2.29. The van der Waals surface area contributed by atoms with Gasteiger partial charge in [-0.15, -0.1) is 0 Å². The summed E-state index contributed by atoms with van der Waals surface area (Å²) in [7, 11) is 0. The number of carbonyl (C=O) groups is 2. The average molecular weight is 277 g/mol. The second kappa shape index (κ2) is 6.00. The maximum Gasteiger partial charge on any atom is 0.272 e. The Kier molecular flexibility index (Phi) is 4.34. The molecular formula is C14H21N4O2+. The van der Waals surface area contributed by atoms with Crippen LogP contribution >= 0.6 is 0 Å². The van der Waals surface area contributed by atoms with Gasteiger partial charge in [-0.05, 0) is 12.1 Å². The maximum absolute atomic E-state index is 11.4. The lowest BCUT2D eigenvalue weighted by Gasteiger charge is -2.33. The molecule has 6 heteroatoms. The van der Waals surface area contributed by atoms with Crippen LogP contribution in [-0.4, -0.2) is 40.9 Å². The van der Waals surface area contributed by atoms with Crippen LogP contribution in [-0.2, 0) is 16.1 Å². The molecule has 2 heterocycles. The van der Waals surface area contributed by atoms with Gasteiger partial charge in [-0.3, -0.25) is 14.6 Å². The molecule has 2 atom stereocenters. The second-order valence-electron chi connectivity index (χ2n) is 5.71. The number of quaternary nitrogens is 1. The molecule has 0 spiro atoms. The van der Waals surface area contributed by atoms with Gasteiger partial charge in [0, 0.05) is 36.7 Å². The smallest absolute Gasteiger partial charge is 0.272 e. The molecule has 0 aliphatic carbocycles. The minimum absolute atomic E-state index is 0.244. The van der Waals surface area contributed by atoms with Gasteiger partial charge in [0.1, 0.15) is 6.54 Å². The first-order valence-electron chi connectivity index (χ1n) is 6.80. The molecule has 2 amide bonds. The standard InChI is InChI=1S/C14H20N4O2/c15-13(19)7-12-3-6-18(9-12,10-14(16)20)8-11-1-4-17-5-2-11/h1-2,4-5,12H,3,6-10H2,(H3-,15,16,19,20)/p+1. The minimum Gasteiger partial charge on any atom is -0.370 e. The summed E-state index contributed by atoms with van der Waals surface area (Å²) in [5.41, 5.74) is 11.8. The van der Waals surface area contributed by atoms with Gasteiger partial charge in [0.2, 0.25) is 5.91 Å². The van der Waals surface area contributed by atoms with Crippen LogP contribution in [0.4, 0.5) is 0 Å². The molecule has 108 valence electrons. The first kappa shape index (κ1) is 14.5. The summed E-state index contributed by atoms with van der Waals surface area (Å²) in [4.78, 5) is 26.4. The van der Waals surface area contributed by atoms with Gasteiger partial charge in [0.15, 0.2) is 6.54 Å². The summed E-state index contributed by atoms with van der Waals surface area (Å²) in [6.45, 7) is 2.66. The van der Waals surface area contributed by atoms with Crippen molar-refractivity contribution in [2.75, 3.05) is 19.6 Å². The van der Waals surface area contributed by atoms with E-state index in [2.05, 4.69) is 4.98 Å². The van der Waals surface area contributed by atoms with E-state index < -0.39 is 0 Å². The lowest BCUT2D eigenvalue weighted by Crippen LogP contribution is -2.50. The highest BCUT2D eigenvalue weighted by molar-refractivity contribution is 5.75. The van der Waals surface area contributed by atoms with E-state index in [1.54, 1.807) is 12.4 Å². The van der Waals surface area contributed by atoms with Gasteiger partial charge in [0.05, 0.1) is 13.1 Å². The van der Waals surface area contributed by atoms with Crippen molar-refractivity contribution < 1.29 is 14.1 Å². The number of pyridine rings is 1. The first-order chi connectivity index (χ1) is 9.49. The molecule has 1 saturated heterocycles. The van der Waals surface area contributed by atoms with E-state index in [9.17, 15) is 9.59 Å². The number of carbonyl (C=O) groups excluding carboxylic acids is 2. The van der Waals surface area contributed by atoms with Crippen molar-refractivity contribution in [3.05, 3.63) is 30.1 Å². The van der Waals surface area contributed by atoms with E-state index in [0.717, 1.165) is 31.6 Å². The number of hydrogen-bond acceptors (Lipinski definition) is 3. The number of likely N-dealkylation sites (tertiary alicyclic amines) is 1. The van der Waals surface area contributed by atoms with Crippen LogP contribution in [0.2, 0.25) is 0 Å². The summed E-state index contributed by atoms with van der Waals surface area (Å²) < 4.78 is 0.608. The molecule has 0 aromatic carbocycles. The second-order valence-corrected chi connectivity index (χ2v) is 5.71. The molecule has 1 aliphatic heterocycles. The Balaban J connectivity index is 2.11. The Morgan fingerprint density at radius 3 is 2.55 bits per heavy atom. The van der Waals surface area contributed by atoms with Crippen LogP contribution in [0.15, 0.2) is 24.5 Å². The van der Waals surface area contributed by atoms with E-state index in [1.807, 2.05) is 12.1 Å². The quantitative estimate of drug-likeness (QED) is 0.703. The number of nitrogens with two attached hydrogens (primary N) is 2. The zero-order chi connectivity index (χ0) is 14.6. The summed E-state index contributed by atoms with van der Waals surface area (Å²) in [5, 5.41) is 0. The number of nitrogens with zero attached hydrogens (tertiary/aromatic N) is 2. The predicted octanol–water partition coefficient (Wildman–Crippen LogP) is -0.221. The highest BCUT2D eigenvalue weighted by atomic mass is 16.1. The summed E-state index contributed by atoms with van der Waals surface area (Å²) in [5.74, 6) is -0.342. The fraction of sp³-hybridized carbons (Fsp3) is 0.500. The maximum atomic E-state index is 11.4. The lowest BCUT2D eigenvalue weighted by molar-refractivity contribution is -0.923. The lowest BCUT2D eigenvalue weighted by atomic mass is 10.0. The first-order valence-corrected chi connectivity index (χ1v) is 6.80. The topological polar surface area (TPSA) is 99.1 Å². The monoisotopic (exact) mass is 277 g/mol. The van der Waals surface area contributed by atoms with Crippen molar-refractivity contribution in [2.24, 2.45) is 17.4 Å².